The van der Waals surface area contributed by atoms with Crippen molar-refractivity contribution in [3.63, 3.8) is 0 Å². The first-order valence-electron chi connectivity index (χ1n) is 10.8. The van der Waals surface area contributed by atoms with E-state index in [0.717, 1.165) is 34.8 Å². The fourth-order valence-corrected chi connectivity index (χ4v) is 2.95. The molecule has 168 valence electrons. The molecule has 0 spiro atoms. The van der Waals surface area contributed by atoms with Crippen LogP contribution in [0.4, 0.5) is 10.1 Å². The van der Waals surface area contributed by atoms with Crippen molar-refractivity contribution in [1.82, 2.24) is 5.32 Å². The second kappa shape index (κ2) is 12.4. The third-order valence-electron chi connectivity index (χ3n) is 4.47. The van der Waals surface area contributed by atoms with E-state index >= 15 is 0 Å². The number of ether oxygens (including phenoxy) is 1. The number of hydrogen-bond donors (Lipinski definition) is 1. The van der Waals surface area contributed by atoms with Gasteiger partial charge >= 0.3 is 0 Å². The van der Waals surface area contributed by atoms with Crippen molar-refractivity contribution in [2.24, 2.45) is 4.99 Å². The number of nitrogens with zero attached hydrogens (tertiary/aromatic N) is 2. The van der Waals surface area contributed by atoms with Crippen molar-refractivity contribution in [2.45, 2.75) is 33.4 Å². The zero-order valence-electron chi connectivity index (χ0n) is 19.7. The van der Waals surface area contributed by atoms with E-state index in [-0.39, 0.29) is 0 Å². The highest BCUT2D eigenvalue weighted by Crippen LogP contribution is 2.21. The number of alkyl halides is 1. The van der Waals surface area contributed by atoms with Gasteiger partial charge in [-0.25, -0.2) is 4.39 Å². The number of aliphatic imine (C=N–C) groups is 1. The molecule has 1 N–H and O–H groups in total. The Balaban J connectivity index is 0.00000176. The van der Waals surface area contributed by atoms with E-state index in [4.69, 9.17) is 4.74 Å². The Kier molecular flexibility index (Phi) is 9.56. The minimum atomic E-state index is -1.04. The van der Waals surface area contributed by atoms with E-state index in [1.807, 2.05) is 87.5 Å². The summed E-state index contributed by atoms with van der Waals surface area (Å²) in [7, 11) is 5.68. The molecule has 1 aromatic carbocycles. The zero-order valence-corrected chi connectivity index (χ0v) is 19.7. The van der Waals surface area contributed by atoms with Gasteiger partial charge in [0.1, 0.15) is 23.5 Å². The summed E-state index contributed by atoms with van der Waals surface area (Å²) < 4.78 is 19.3. The highest BCUT2D eigenvalue weighted by atomic mass is 19.1. The van der Waals surface area contributed by atoms with E-state index in [0.29, 0.717) is 11.5 Å². The Morgan fingerprint density at radius 1 is 1.12 bits per heavy atom. The molecule has 1 heterocycles. The molecular weight excluding hydrogens is 401 g/mol. The van der Waals surface area contributed by atoms with Crippen LogP contribution in [-0.4, -0.2) is 33.2 Å². The van der Waals surface area contributed by atoms with Crippen molar-refractivity contribution >= 4 is 11.5 Å². The SMILES string of the molecule is CC.CN=C1NC(C#CC2=CCC=C(Oc3ccc(N(C)C)cc3)C=C2)=C/C1=C/C(C)F. The summed E-state index contributed by atoms with van der Waals surface area (Å²) in [6, 6.07) is 7.96. The fraction of sp³-hybridized carbons (Fsp3) is 0.296. The normalized spacial score (nSPS) is 18.2. The van der Waals surface area contributed by atoms with Crippen LogP contribution in [0.3, 0.4) is 0 Å². The highest BCUT2D eigenvalue weighted by molar-refractivity contribution is 6.05. The topological polar surface area (TPSA) is 36.9 Å². The van der Waals surface area contributed by atoms with E-state index in [9.17, 15) is 4.39 Å². The molecule has 1 aromatic rings. The lowest BCUT2D eigenvalue weighted by atomic mass is 10.2. The van der Waals surface area contributed by atoms with Crippen molar-refractivity contribution in [1.29, 1.82) is 0 Å². The second-order valence-corrected chi connectivity index (χ2v) is 7.13. The van der Waals surface area contributed by atoms with Gasteiger partial charge < -0.3 is 15.0 Å². The molecule has 0 saturated carbocycles. The summed E-state index contributed by atoms with van der Waals surface area (Å²) in [6.07, 6.45) is 10.9. The van der Waals surface area contributed by atoms with E-state index in [2.05, 4.69) is 22.2 Å². The number of amidine groups is 1. The number of nitrogens with one attached hydrogen (secondary N) is 1. The average Bonchev–Trinajstić information content (AvgIpc) is 3.03. The largest absolute Gasteiger partial charge is 0.458 e. The lowest BCUT2D eigenvalue weighted by Gasteiger charge is -2.13. The van der Waals surface area contributed by atoms with Gasteiger partial charge in [-0.15, -0.1) is 0 Å². The molecule has 2 aliphatic rings. The number of rotatable bonds is 4. The molecule has 32 heavy (non-hydrogen) atoms. The van der Waals surface area contributed by atoms with E-state index in [1.54, 1.807) is 7.05 Å². The van der Waals surface area contributed by atoms with Gasteiger partial charge in [-0.3, -0.25) is 4.99 Å². The van der Waals surface area contributed by atoms with Crippen LogP contribution < -0.4 is 15.0 Å². The molecule has 4 nitrogen and oxygen atoms in total. The van der Waals surface area contributed by atoms with Gasteiger partial charge in [0.15, 0.2) is 0 Å². The number of allylic oxidation sites excluding steroid dienone is 7. The lowest BCUT2D eigenvalue weighted by Crippen LogP contribution is -2.17. The number of benzene rings is 1. The van der Waals surface area contributed by atoms with Crippen LogP contribution in [-0.2, 0) is 0 Å². The van der Waals surface area contributed by atoms with Gasteiger partial charge in [0, 0.05) is 38.0 Å². The van der Waals surface area contributed by atoms with Gasteiger partial charge in [-0.05, 0) is 73.9 Å². The second-order valence-electron chi connectivity index (χ2n) is 7.13. The summed E-state index contributed by atoms with van der Waals surface area (Å²) in [5, 5.41) is 3.12. The summed E-state index contributed by atoms with van der Waals surface area (Å²) >= 11 is 0. The van der Waals surface area contributed by atoms with E-state index < -0.39 is 6.17 Å². The average molecular weight is 434 g/mol. The first-order chi connectivity index (χ1) is 15.4. The maximum Gasteiger partial charge on any atom is 0.132 e. The number of anilines is 1. The Morgan fingerprint density at radius 3 is 2.47 bits per heavy atom. The number of halogens is 1. The molecule has 0 amide bonds. The Labute approximate surface area is 191 Å². The van der Waals surface area contributed by atoms with Gasteiger partial charge in [-0.1, -0.05) is 25.8 Å². The first kappa shape index (κ1) is 24.7. The molecule has 0 aromatic heterocycles. The Bertz CT molecular complexity index is 1030. The molecule has 0 fully saturated rings. The van der Waals surface area contributed by atoms with Crippen molar-refractivity contribution in [3.8, 4) is 17.6 Å². The van der Waals surface area contributed by atoms with Gasteiger partial charge in [0.25, 0.3) is 0 Å². The molecule has 1 unspecified atom stereocenters. The molecule has 3 rings (SSSR count). The smallest absolute Gasteiger partial charge is 0.132 e. The summed E-state index contributed by atoms with van der Waals surface area (Å²) in [6.45, 7) is 5.49. The number of hydrogen-bond acceptors (Lipinski definition) is 3. The molecule has 0 radical (unpaired) electrons. The summed E-state index contributed by atoms with van der Waals surface area (Å²) in [5.41, 5.74) is 3.44. The summed E-state index contributed by atoms with van der Waals surface area (Å²) in [5.74, 6) is 8.45. The lowest BCUT2D eigenvalue weighted by molar-refractivity contribution is 0.430. The molecule has 5 heteroatoms. The molecule has 0 bridgehead atoms. The molecular formula is C27H32FN3O. The summed E-state index contributed by atoms with van der Waals surface area (Å²) in [4.78, 5) is 6.19. The van der Waals surface area contributed by atoms with Gasteiger partial charge in [0.2, 0.25) is 0 Å². The molecule has 1 atom stereocenters. The van der Waals surface area contributed by atoms with Crippen LogP contribution in [0.1, 0.15) is 27.2 Å². The standard InChI is InChI=1S/C25H26FN3O.C2H6/c1-18(26)16-20-17-21(28-25(20)27-2)10-8-19-6-5-7-23(13-9-19)30-24-14-11-22(12-15-24)29(3)4;1-2/h6-7,9,11-18H,5H2,1-4H3,(H,27,28);1-2H3/b20-16-;. The van der Waals surface area contributed by atoms with Crippen LogP contribution in [0.25, 0.3) is 0 Å². The molecule has 1 aliphatic carbocycles. The van der Waals surface area contributed by atoms with Gasteiger partial charge in [-0.2, -0.15) is 0 Å². The first-order valence-corrected chi connectivity index (χ1v) is 10.8. The predicted octanol–water partition coefficient (Wildman–Crippen LogP) is 5.73. The predicted molar refractivity (Wildman–Crippen MR) is 134 cm³/mol. The Hall–Kier alpha value is -3.52. The van der Waals surface area contributed by atoms with Crippen LogP contribution in [0, 0.1) is 11.8 Å². The van der Waals surface area contributed by atoms with Crippen LogP contribution in [0.15, 0.2) is 88.3 Å². The van der Waals surface area contributed by atoms with Crippen LogP contribution in [0.5, 0.6) is 5.75 Å². The van der Waals surface area contributed by atoms with E-state index in [1.165, 1.54) is 13.0 Å². The molecule has 1 aliphatic heterocycles. The minimum absolute atomic E-state index is 0.631. The minimum Gasteiger partial charge on any atom is -0.458 e. The van der Waals surface area contributed by atoms with Crippen molar-refractivity contribution in [2.75, 3.05) is 26.0 Å². The third-order valence-corrected chi connectivity index (χ3v) is 4.47. The van der Waals surface area contributed by atoms with Crippen LogP contribution >= 0.6 is 0 Å². The zero-order chi connectivity index (χ0) is 23.5. The quantitative estimate of drug-likeness (QED) is 0.616. The third kappa shape index (κ3) is 7.31. The maximum atomic E-state index is 13.3. The van der Waals surface area contributed by atoms with Crippen molar-refractivity contribution < 1.29 is 9.13 Å². The van der Waals surface area contributed by atoms with Crippen LogP contribution in [0.2, 0.25) is 0 Å². The maximum absolute atomic E-state index is 13.3. The Morgan fingerprint density at radius 2 is 1.84 bits per heavy atom. The highest BCUT2D eigenvalue weighted by Gasteiger charge is 2.15. The molecule has 0 saturated heterocycles. The fourth-order valence-electron chi connectivity index (χ4n) is 2.95. The van der Waals surface area contributed by atoms with Gasteiger partial charge in [0.05, 0.1) is 5.70 Å². The monoisotopic (exact) mass is 433 g/mol. The van der Waals surface area contributed by atoms with Crippen molar-refractivity contribution in [3.05, 3.63) is 83.3 Å².